The van der Waals surface area contributed by atoms with Gasteiger partial charge in [-0.1, -0.05) is 28.9 Å². The van der Waals surface area contributed by atoms with Gasteiger partial charge < -0.3 is 16.0 Å². The first-order chi connectivity index (χ1) is 9.15. The zero-order chi connectivity index (χ0) is 13.8. The Morgan fingerprint density at radius 1 is 1.53 bits per heavy atom. The predicted octanol–water partition coefficient (Wildman–Crippen LogP) is 1.39. The van der Waals surface area contributed by atoms with Gasteiger partial charge in [0.25, 0.3) is 0 Å². The Balaban J connectivity index is 2.13. The van der Waals surface area contributed by atoms with E-state index in [0.717, 1.165) is 24.9 Å². The van der Waals surface area contributed by atoms with Crippen LogP contribution in [0.5, 0.6) is 0 Å². The molecule has 1 saturated heterocycles. The van der Waals surface area contributed by atoms with E-state index >= 15 is 0 Å². The lowest BCUT2D eigenvalue weighted by Gasteiger charge is -2.23. The number of aliphatic hydroxyl groups is 1. The third kappa shape index (κ3) is 3.18. The number of hydrogen-bond acceptors (Lipinski definition) is 4. The average molecular weight is 284 g/mol. The Bertz CT molecular complexity index is 479. The first-order valence-corrected chi connectivity index (χ1v) is 6.64. The molecule has 2 rings (SSSR count). The molecule has 4 N–H and O–H groups in total. The molecule has 0 aromatic heterocycles. The molecule has 0 spiro atoms. The van der Waals surface area contributed by atoms with Crippen LogP contribution in [0.15, 0.2) is 23.4 Å². The van der Waals surface area contributed by atoms with Crippen LogP contribution in [0.2, 0.25) is 5.02 Å². The molecular formula is C13H18ClN3O2. The molecule has 1 atom stereocenters. The van der Waals surface area contributed by atoms with Crippen molar-refractivity contribution in [3.8, 4) is 0 Å². The molecule has 1 aliphatic heterocycles. The fourth-order valence-corrected chi connectivity index (χ4v) is 2.66. The van der Waals surface area contributed by atoms with Crippen molar-refractivity contribution in [2.45, 2.75) is 25.4 Å². The second-order valence-corrected chi connectivity index (χ2v) is 5.15. The maximum Gasteiger partial charge on any atom is 0.170 e. The van der Waals surface area contributed by atoms with Gasteiger partial charge in [0, 0.05) is 23.2 Å². The minimum Gasteiger partial charge on any atom is -0.409 e. The predicted molar refractivity (Wildman–Crippen MR) is 74.5 cm³/mol. The summed E-state index contributed by atoms with van der Waals surface area (Å²) in [5.41, 5.74) is 7.10. The quantitative estimate of drug-likeness (QED) is 0.338. The monoisotopic (exact) mass is 283 g/mol. The van der Waals surface area contributed by atoms with Gasteiger partial charge in [-0.25, -0.2) is 0 Å². The number of rotatable bonds is 4. The number of aliphatic hydroxyl groups excluding tert-OH is 1. The standard InChI is InChI=1S/C13H18ClN3O2/c14-12-6-9(13(15)16-19)3-4-10(12)7-17-5-1-2-11(17)8-18/h3-4,6,11,18-19H,1-2,5,7-8H2,(H2,15,16). The van der Waals surface area contributed by atoms with E-state index in [1.165, 1.54) is 0 Å². The summed E-state index contributed by atoms with van der Waals surface area (Å²) in [5.74, 6) is 0.0443. The zero-order valence-electron chi connectivity index (χ0n) is 10.6. The van der Waals surface area contributed by atoms with Crippen molar-refractivity contribution >= 4 is 17.4 Å². The third-order valence-electron chi connectivity index (χ3n) is 3.54. The second kappa shape index (κ2) is 6.23. The summed E-state index contributed by atoms with van der Waals surface area (Å²) in [4.78, 5) is 2.23. The number of hydrogen-bond donors (Lipinski definition) is 3. The highest BCUT2D eigenvalue weighted by Crippen LogP contribution is 2.24. The van der Waals surface area contributed by atoms with Gasteiger partial charge in [-0.3, -0.25) is 4.90 Å². The van der Waals surface area contributed by atoms with Crippen LogP contribution in [0.25, 0.3) is 0 Å². The third-order valence-corrected chi connectivity index (χ3v) is 3.89. The molecule has 1 aromatic rings. The van der Waals surface area contributed by atoms with E-state index in [-0.39, 0.29) is 18.5 Å². The van der Waals surface area contributed by atoms with Gasteiger partial charge in [0.2, 0.25) is 0 Å². The SMILES string of the molecule is N/C(=N/O)c1ccc(CN2CCCC2CO)c(Cl)c1. The molecule has 0 aliphatic carbocycles. The van der Waals surface area contributed by atoms with Gasteiger partial charge in [-0.15, -0.1) is 0 Å². The highest BCUT2D eigenvalue weighted by atomic mass is 35.5. The van der Waals surface area contributed by atoms with Gasteiger partial charge in [-0.05, 0) is 31.0 Å². The summed E-state index contributed by atoms with van der Waals surface area (Å²) in [6.45, 7) is 1.86. The van der Waals surface area contributed by atoms with Crippen LogP contribution in [0, 0.1) is 0 Å². The Hall–Kier alpha value is -1.30. The van der Waals surface area contributed by atoms with Crippen LogP contribution >= 0.6 is 11.6 Å². The number of benzene rings is 1. The summed E-state index contributed by atoms with van der Waals surface area (Å²) >= 11 is 6.22. The van der Waals surface area contributed by atoms with E-state index in [2.05, 4.69) is 10.1 Å². The molecule has 1 aliphatic rings. The molecule has 0 saturated carbocycles. The van der Waals surface area contributed by atoms with Crippen molar-refractivity contribution in [1.82, 2.24) is 4.90 Å². The van der Waals surface area contributed by atoms with E-state index in [1.54, 1.807) is 12.1 Å². The lowest BCUT2D eigenvalue weighted by Crippen LogP contribution is -2.31. The van der Waals surface area contributed by atoms with Crippen LogP contribution in [0.4, 0.5) is 0 Å². The van der Waals surface area contributed by atoms with Crippen LogP contribution in [-0.4, -0.2) is 40.2 Å². The molecule has 0 radical (unpaired) electrons. The largest absolute Gasteiger partial charge is 0.409 e. The lowest BCUT2D eigenvalue weighted by atomic mass is 10.1. The maximum atomic E-state index is 9.30. The molecule has 1 fully saturated rings. The van der Waals surface area contributed by atoms with Gasteiger partial charge in [0.05, 0.1) is 6.61 Å². The average Bonchev–Trinajstić information content (AvgIpc) is 2.87. The Kier molecular flexibility index (Phi) is 4.63. The van der Waals surface area contributed by atoms with E-state index in [1.807, 2.05) is 6.07 Å². The summed E-state index contributed by atoms with van der Waals surface area (Å²) in [7, 11) is 0. The number of nitrogens with zero attached hydrogens (tertiary/aromatic N) is 2. The van der Waals surface area contributed by atoms with E-state index < -0.39 is 0 Å². The van der Waals surface area contributed by atoms with Crippen molar-refractivity contribution in [3.63, 3.8) is 0 Å². The number of halogens is 1. The van der Waals surface area contributed by atoms with Crippen molar-refractivity contribution in [2.24, 2.45) is 10.9 Å². The Morgan fingerprint density at radius 3 is 2.95 bits per heavy atom. The number of likely N-dealkylation sites (tertiary alicyclic amines) is 1. The highest BCUT2D eigenvalue weighted by Gasteiger charge is 2.24. The number of oxime groups is 1. The van der Waals surface area contributed by atoms with Gasteiger partial charge in [0.1, 0.15) is 0 Å². The second-order valence-electron chi connectivity index (χ2n) is 4.74. The molecule has 1 aromatic carbocycles. The van der Waals surface area contributed by atoms with Gasteiger partial charge in [-0.2, -0.15) is 0 Å². The van der Waals surface area contributed by atoms with Crippen LogP contribution in [0.3, 0.4) is 0 Å². The first kappa shape index (κ1) is 14.1. The van der Waals surface area contributed by atoms with Crippen LogP contribution in [-0.2, 0) is 6.54 Å². The molecule has 1 unspecified atom stereocenters. The molecule has 1 heterocycles. The summed E-state index contributed by atoms with van der Waals surface area (Å²) in [6.07, 6.45) is 2.13. The highest BCUT2D eigenvalue weighted by molar-refractivity contribution is 6.31. The smallest absolute Gasteiger partial charge is 0.170 e. The van der Waals surface area contributed by atoms with Crippen molar-refractivity contribution in [1.29, 1.82) is 0 Å². The molecule has 19 heavy (non-hydrogen) atoms. The molecule has 5 nitrogen and oxygen atoms in total. The minimum absolute atomic E-state index is 0.0443. The molecular weight excluding hydrogens is 266 g/mol. The van der Waals surface area contributed by atoms with Crippen molar-refractivity contribution in [2.75, 3.05) is 13.2 Å². The topological polar surface area (TPSA) is 82.1 Å². The Labute approximate surface area is 117 Å². The van der Waals surface area contributed by atoms with Crippen LogP contribution < -0.4 is 5.73 Å². The molecule has 0 amide bonds. The minimum atomic E-state index is 0.0443. The Morgan fingerprint density at radius 2 is 2.32 bits per heavy atom. The maximum absolute atomic E-state index is 9.30. The van der Waals surface area contributed by atoms with Crippen LogP contribution in [0.1, 0.15) is 24.0 Å². The summed E-state index contributed by atoms with van der Waals surface area (Å²) < 4.78 is 0. The normalized spacial score (nSPS) is 20.9. The van der Waals surface area contributed by atoms with Crippen molar-refractivity contribution in [3.05, 3.63) is 34.3 Å². The number of nitrogens with two attached hydrogens (primary N) is 1. The fourth-order valence-electron chi connectivity index (χ4n) is 2.42. The molecule has 104 valence electrons. The summed E-state index contributed by atoms with van der Waals surface area (Å²) in [6, 6.07) is 5.57. The van der Waals surface area contributed by atoms with Gasteiger partial charge >= 0.3 is 0 Å². The van der Waals surface area contributed by atoms with Gasteiger partial charge in [0.15, 0.2) is 5.84 Å². The molecule has 0 bridgehead atoms. The summed E-state index contributed by atoms with van der Waals surface area (Å²) in [5, 5.41) is 21.5. The lowest BCUT2D eigenvalue weighted by molar-refractivity contribution is 0.153. The van der Waals surface area contributed by atoms with E-state index in [4.69, 9.17) is 22.5 Å². The first-order valence-electron chi connectivity index (χ1n) is 6.27. The van der Waals surface area contributed by atoms with E-state index in [0.29, 0.717) is 17.1 Å². The zero-order valence-corrected chi connectivity index (χ0v) is 11.3. The number of amidine groups is 1. The van der Waals surface area contributed by atoms with Crippen molar-refractivity contribution < 1.29 is 10.3 Å². The fraction of sp³-hybridized carbons (Fsp3) is 0.462. The van der Waals surface area contributed by atoms with E-state index in [9.17, 15) is 5.11 Å². The molecule has 6 heteroatoms.